The molecule has 0 bridgehead atoms. The van der Waals surface area contributed by atoms with Crippen molar-refractivity contribution in [3.05, 3.63) is 53.5 Å². The zero-order chi connectivity index (χ0) is 12.4. The lowest BCUT2D eigenvalue weighted by atomic mass is 10.1. The minimum Gasteiger partial charge on any atom is -0.398 e. The first kappa shape index (κ1) is 11.1. The molecule has 4 heteroatoms. The van der Waals surface area contributed by atoms with Gasteiger partial charge in [-0.2, -0.15) is 0 Å². The molecule has 1 aromatic carbocycles. The molecule has 0 amide bonds. The van der Waals surface area contributed by atoms with E-state index in [-0.39, 0.29) is 5.82 Å². The molecule has 0 aliphatic rings. The van der Waals surface area contributed by atoms with Crippen LogP contribution in [0.5, 0.6) is 0 Å². The van der Waals surface area contributed by atoms with Gasteiger partial charge in [0, 0.05) is 17.4 Å². The second-order valence-electron chi connectivity index (χ2n) is 4.02. The molecule has 0 unspecified atom stereocenters. The van der Waals surface area contributed by atoms with Gasteiger partial charge in [-0.15, -0.1) is 0 Å². The Morgan fingerprint density at radius 1 is 1.18 bits per heavy atom. The summed E-state index contributed by atoms with van der Waals surface area (Å²) in [6, 6.07) is 8.03. The molecule has 0 fully saturated rings. The summed E-state index contributed by atoms with van der Waals surface area (Å²) in [5.74, 6) is 0.256. The second kappa shape index (κ2) is 4.25. The highest BCUT2D eigenvalue weighted by Gasteiger charge is 2.02. The van der Waals surface area contributed by atoms with E-state index in [1.165, 1.54) is 0 Å². The molecule has 17 heavy (non-hydrogen) atoms. The zero-order valence-electron chi connectivity index (χ0n) is 9.70. The SMILES string of the molecule is C/C(C=C(N)N)=C(/N)c1ccc2cc[nH]c2c1. The number of rotatable bonds is 2. The second-order valence-corrected chi connectivity index (χ2v) is 4.02. The summed E-state index contributed by atoms with van der Waals surface area (Å²) < 4.78 is 0. The average molecular weight is 228 g/mol. The van der Waals surface area contributed by atoms with Crippen molar-refractivity contribution in [3.8, 4) is 0 Å². The number of aromatic amines is 1. The van der Waals surface area contributed by atoms with Crippen LogP contribution in [-0.2, 0) is 0 Å². The molecule has 0 saturated heterocycles. The van der Waals surface area contributed by atoms with Crippen molar-refractivity contribution in [2.45, 2.75) is 6.92 Å². The lowest BCUT2D eigenvalue weighted by molar-refractivity contribution is 1.23. The summed E-state index contributed by atoms with van der Waals surface area (Å²) >= 11 is 0. The fraction of sp³-hybridized carbons (Fsp3) is 0.0769. The summed E-state index contributed by atoms with van der Waals surface area (Å²) in [7, 11) is 0. The van der Waals surface area contributed by atoms with E-state index >= 15 is 0 Å². The van der Waals surface area contributed by atoms with E-state index in [9.17, 15) is 0 Å². The Bertz CT molecular complexity index is 601. The number of hydrogen-bond acceptors (Lipinski definition) is 3. The molecule has 0 atom stereocenters. The van der Waals surface area contributed by atoms with Crippen LogP contribution < -0.4 is 17.2 Å². The van der Waals surface area contributed by atoms with E-state index in [1.807, 2.05) is 37.4 Å². The van der Waals surface area contributed by atoms with Crippen LogP contribution >= 0.6 is 0 Å². The van der Waals surface area contributed by atoms with Crippen LogP contribution in [0.1, 0.15) is 12.5 Å². The summed E-state index contributed by atoms with van der Waals surface area (Å²) in [4.78, 5) is 3.15. The lowest BCUT2D eigenvalue weighted by Crippen LogP contribution is -2.09. The van der Waals surface area contributed by atoms with Crippen LogP contribution in [0.4, 0.5) is 0 Å². The number of H-pyrrole nitrogens is 1. The number of hydrogen-bond donors (Lipinski definition) is 4. The van der Waals surface area contributed by atoms with Crippen molar-refractivity contribution in [2.75, 3.05) is 0 Å². The first-order valence-corrected chi connectivity index (χ1v) is 5.34. The predicted molar refractivity (Wildman–Crippen MR) is 71.5 cm³/mol. The van der Waals surface area contributed by atoms with Crippen molar-refractivity contribution < 1.29 is 0 Å². The molecule has 0 radical (unpaired) electrons. The summed E-state index contributed by atoms with van der Waals surface area (Å²) in [6.07, 6.45) is 3.56. The van der Waals surface area contributed by atoms with E-state index in [4.69, 9.17) is 17.2 Å². The molecule has 0 saturated carbocycles. The first-order valence-electron chi connectivity index (χ1n) is 5.34. The molecule has 1 heterocycles. The number of benzene rings is 1. The average Bonchev–Trinajstić information content (AvgIpc) is 2.73. The minimum absolute atomic E-state index is 0.256. The number of allylic oxidation sites excluding steroid dienone is 2. The van der Waals surface area contributed by atoms with Gasteiger partial charge in [0.1, 0.15) is 0 Å². The van der Waals surface area contributed by atoms with Gasteiger partial charge in [-0.25, -0.2) is 0 Å². The van der Waals surface area contributed by atoms with Gasteiger partial charge >= 0.3 is 0 Å². The predicted octanol–water partition coefficient (Wildman–Crippen LogP) is 1.62. The van der Waals surface area contributed by atoms with Crippen molar-refractivity contribution >= 4 is 16.6 Å². The van der Waals surface area contributed by atoms with Crippen molar-refractivity contribution in [1.29, 1.82) is 0 Å². The third-order valence-corrected chi connectivity index (χ3v) is 2.67. The monoisotopic (exact) mass is 228 g/mol. The van der Waals surface area contributed by atoms with Gasteiger partial charge in [0.25, 0.3) is 0 Å². The summed E-state index contributed by atoms with van der Waals surface area (Å²) in [5, 5.41) is 1.16. The normalized spacial score (nSPS) is 12.3. The number of nitrogens with two attached hydrogens (primary N) is 3. The molecule has 2 rings (SSSR count). The van der Waals surface area contributed by atoms with Gasteiger partial charge < -0.3 is 22.2 Å². The van der Waals surface area contributed by atoms with Gasteiger partial charge in [0.05, 0.1) is 5.82 Å². The fourth-order valence-corrected chi connectivity index (χ4v) is 1.77. The minimum atomic E-state index is 0.256. The molecule has 0 aliphatic carbocycles. The van der Waals surface area contributed by atoms with Crippen molar-refractivity contribution in [3.63, 3.8) is 0 Å². The van der Waals surface area contributed by atoms with Crippen molar-refractivity contribution in [2.24, 2.45) is 17.2 Å². The van der Waals surface area contributed by atoms with Gasteiger partial charge in [-0.05, 0) is 41.7 Å². The maximum atomic E-state index is 6.06. The lowest BCUT2D eigenvalue weighted by Gasteiger charge is -2.05. The third-order valence-electron chi connectivity index (χ3n) is 2.67. The van der Waals surface area contributed by atoms with Gasteiger partial charge in [-0.3, -0.25) is 0 Å². The van der Waals surface area contributed by atoms with Crippen LogP contribution in [0.15, 0.2) is 47.9 Å². The van der Waals surface area contributed by atoms with E-state index in [1.54, 1.807) is 6.08 Å². The topological polar surface area (TPSA) is 93.8 Å². The molecule has 4 nitrogen and oxygen atoms in total. The molecule has 88 valence electrons. The molecule has 0 aliphatic heterocycles. The first-order chi connectivity index (χ1) is 8.08. The summed E-state index contributed by atoms with van der Waals surface area (Å²) in [6.45, 7) is 1.88. The fourth-order valence-electron chi connectivity index (χ4n) is 1.77. The van der Waals surface area contributed by atoms with Crippen LogP contribution in [0.2, 0.25) is 0 Å². The Hall–Kier alpha value is -2.36. The maximum Gasteiger partial charge on any atom is 0.0936 e. The summed E-state index contributed by atoms with van der Waals surface area (Å²) in [5.41, 5.74) is 20.5. The molecular weight excluding hydrogens is 212 g/mol. The number of nitrogens with one attached hydrogen (secondary N) is 1. The van der Waals surface area contributed by atoms with Gasteiger partial charge in [-0.1, -0.05) is 12.1 Å². The smallest absolute Gasteiger partial charge is 0.0936 e. The zero-order valence-corrected chi connectivity index (χ0v) is 9.70. The standard InChI is InChI=1S/C13H16N4/c1-8(6-12(14)15)13(16)10-3-2-9-4-5-17-11(9)7-10/h2-7,17H,14-16H2,1H3/b13-8-. The van der Waals surface area contributed by atoms with E-state index in [0.717, 1.165) is 22.0 Å². The van der Waals surface area contributed by atoms with Crippen LogP contribution in [0.25, 0.3) is 16.6 Å². The molecule has 7 N–H and O–H groups in total. The Balaban J connectivity index is 2.48. The Labute approximate surface area is 99.8 Å². The highest BCUT2D eigenvalue weighted by Crippen LogP contribution is 2.20. The third kappa shape index (κ3) is 2.25. The largest absolute Gasteiger partial charge is 0.398 e. The Kier molecular flexibility index (Phi) is 2.78. The molecule has 0 spiro atoms. The molecule has 2 aromatic rings. The maximum absolute atomic E-state index is 6.06. The number of fused-ring (bicyclic) bond motifs is 1. The quantitative estimate of drug-likeness (QED) is 0.588. The highest BCUT2D eigenvalue weighted by molar-refractivity contribution is 5.84. The number of aromatic nitrogens is 1. The Morgan fingerprint density at radius 3 is 2.65 bits per heavy atom. The highest BCUT2D eigenvalue weighted by atomic mass is 14.8. The van der Waals surface area contributed by atoms with Gasteiger partial charge in [0.2, 0.25) is 0 Å². The van der Waals surface area contributed by atoms with Crippen molar-refractivity contribution in [1.82, 2.24) is 4.98 Å². The van der Waals surface area contributed by atoms with E-state index < -0.39 is 0 Å². The Morgan fingerprint density at radius 2 is 1.94 bits per heavy atom. The van der Waals surface area contributed by atoms with Gasteiger partial charge in [0.15, 0.2) is 0 Å². The van der Waals surface area contributed by atoms with Crippen LogP contribution in [0, 0.1) is 0 Å². The van der Waals surface area contributed by atoms with Crippen LogP contribution in [0.3, 0.4) is 0 Å². The van der Waals surface area contributed by atoms with E-state index in [0.29, 0.717) is 5.70 Å². The van der Waals surface area contributed by atoms with Crippen LogP contribution in [-0.4, -0.2) is 4.98 Å². The molecule has 1 aromatic heterocycles. The molecular formula is C13H16N4. The van der Waals surface area contributed by atoms with E-state index in [2.05, 4.69) is 4.98 Å².